The molecule has 0 bridgehead atoms. The molecule has 0 radical (unpaired) electrons. The van der Waals surface area contributed by atoms with Crippen LogP contribution in [-0.4, -0.2) is 29.1 Å². The normalized spacial score (nSPS) is 10.2. The lowest BCUT2D eigenvalue weighted by Gasteiger charge is -2.10. The van der Waals surface area contributed by atoms with Crippen molar-refractivity contribution in [1.82, 2.24) is 14.9 Å². The number of allylic oxidation sites excluding steroid dienone is 1. The van der Waals surface area contributed by atoms with Crippen LogP contribution in [-0.2, 0) is 13.0 Å². The molecule has 5 nitrogen and oxygen atoms in total. The van der Waals surface area contributed by atoms with E-state index in [1.807, 2.05) is 22.9 Å². The molecule has 22 heavy (non-hydrogen) atoms. The van der Waals surface area contributed by atoms with E-state index >= 15 is 0 Å². The third-order valence-corrected chi connectivity index (χ3v) is 3.34. The summed E-state index contributed by atoms with van der Waals surface area (Å²) in [6, 6.07) is 5.45. The van der Waals surface area contributed by atoms with Crippen LogP contribution >= 0.6 is 0 Å². The number of amides is 1. The second-order valence-electron chi connectivity index (χ2n) is 4.93. The number of ether oxygens (including phenoxy) is 1. The van der Waals surface area contributed by atoms with Gasteiger partial charge < -0.3 is 14.6 Å². The highest BCUT2D eigenvalue weighted by Crippen LogP contribution is 2.20. The SMILES string of the molecule is C=CCc1cc(C(=O)NCCCn2ccnc2)ccc1OC. The zero-order valence-corrected chi connectivity index (χ0v) is 12.8. The van der Waals surface area contributed by atoms with Crippen LogP contribution in [0.25, 0.3) is 0 Å². The van der Waals surface area contributed by atoms with E-state index in [0.717, 1.165) is 24.3 Å². The Morgan fingerprint density at radius 2 is 2.36 bits per heavy atom. The Bertz CT molecular complexity index is 621. The van der Waals surface area contributed by atoms with Gasteiger partial charge >= 0.3 is 0 Å². The fourth-order valence-electron chi connectivity index (χ4n) is 2.22. The lowest BCUT2D eigenvalue weighted by atomic mass is 10.1. The summed E-state index contributed by atoms with van der Waals surface area (Å²) in [6.45, 7) is 5.19. The molecule has 0 fully saturated rings. The summed E-state index contributed by atoms with van der Waals surface area (Å²) < 4.78 is 7.27. The van der Waals surface area contributed by atoms with Crippen molar-refractivity contribution in [3.8, 4) is 5.75 Å². The molecule has 0 aliphatic heterocycles. The smallest absolute Gasteiger partial charge is 0.251 e. The van der Waals surface area contributed by atoms with Gasteiger partial charge in [-0.05, 0) is 36.6 Å². The first kappa shape index (κ1) is 15.8. The Morgan fingerprint density at radius 3 is 3.05 bits per heavy atom. The first-order chi connectivity index (χ1) is 10.7. The van der Waals surface area contributed by atoms with E-state index in [1.165, 1.54) is 0 Å². The van der Waals surface area contributed by atoms with Crippen molar-refractivity contribution in [1.29, 1.82) is 0 Å². The predicted octanol–water partition coefficient (Wildman–Crippen LogP) is 2.44. The average Bonchev–Trinajstić information content (AvgIpc) is 3.05. The van der Waals surface area contributed by atoms with Crippen LogP contribution in [0.2, 0.25) is 0 Å². The van der Waals surface area contributed by atoms with Gasteiger partial charge in [-0.2, -0.15) is 0 Å². The van der Waals surface area contributed by atoms with Gasteiger partial charge in [0.15, 0.2) is 0 Å². The van der Waals surface area contributed by atoms with Gasteiger partial charge in [-0.1, -0.05) is 6.08 Å². The zero-order valence-electron chi connectivity index (χ0n) is 12.8. The standard InChI is InChI=1S/C17H21N3O2/c1-3-5-14-12-15(6-7-16(14)22-2)17(21)19-8-4-10-20-11-9-18-13-20/h3,6-7,9,11-13H,1,4-5,8,10H2,2H3,(H,19,21). The molecule has 0 atom stereocenters. The number of benzene rings is 1. The van der Waals surface area contributed by atoms with E-state index in [1.54, 1.807) is 31.8 Å². The van der Waals surface area contributed by atoms with E-state index in [2.05, 4.69) is 16.9 Å². The number of hydrogen-bond donors (Lipinski definition) is 1. The zero-order chi connectivity index (χ0) is 15.8. The molecule has 1 aromatic carbocycles. The molecule has 1 heterocycles. The number of aryl methyl sites for hydroxylation is 1. The quantitative estimate of drug-likeness (QED) is 0.601. The van der Waals surface area contributed by atoms with Crippen LogP contribution in [0.5, 0.6) is 5.75 Å². The van der Waals surface area contributed by atoms with Crippen molar-refractivity contribution in [3.63, 3.8) is 0 Å². The van der Waals surface area contributed by atoms with Crippen molar-refractivity contribution in [2.45, 2.75) is 19.4 Å². The number of carbonyl (C=O) groups is 1. The van der Waals surface area contributed by atoms with Crippen LogP contribution in [0.15, 0.2) is 49.6 Å². The third-order valence-electron chi connectivity index (χ3n) is 3.34. The van der Waals surface area contributed by atoms with Gasteiger partial charge in [0, 0.05) is 31.0 Å². The van der Waals surface area contributed by atoms with Gasteiger partial charge in [0.25, 0.3) is 5.91 Å². The summed E-state index contributed by atoms with van der Waals surface area (Å²) in [4.78, 5) is 16.1. The number of methoxy groups -OCH3 is 1. The van der Waals surface area contributed by atoms with Gasteiger partial charge in [-0.25, -0.2) is 4.98 Å². The molecule has 0 aliphatic rings. The topological polar surface area (TPSA) is 56.2 Å². The maximum atomic E-state index is 12.2. The lowest BCUT2D eigenvalue weighted by molar-refractivity contribution is 0.0952. The molecule has 0 unspecified atom stereocenters. The Hall–Kier alpha value is -2.56. The molecule has 0 spiro atoms. The molecule has 2 aromatic rings. The molecular formula is C17H21N3O2. The number of nitrogens with zero attached hydrogens (tertiary/aromatic N) is 2. The first-order valence-corrected chi connectivity index (χ1v) is 7.26. The second-order valence-corrected chi connectivity index (χ2v) is 4.93. The first-order valence-electron chi connectivity index (χ1n) is 7.26. The number of aromatic nitrogens is 2. The number of nitrogens with one attached hydrogen (secondary N) is 1. The van der Waals surface area contributed by atoms with Crippen LogP contribution < -0.4 is 10.1 Å². The number of hydrogen-bond acceptors (Lipinski definition) is 3. The van der Waals surface area contributed by atoms with Gasteiger partial charge in [0.1, 0.15) is 5.75 Å². The molecular weight excluding hydrogens is 278 g/mol. The maximum absolute atomic E-state index is 12.2. The Morgan fingerprint density at radius 1 is 1.50 bits per heavy atom. The molecule has 1 aromatic heterocycles. The van der Waals surface area contributed by atoms with Crippen molar-refractivity contribution in [2.75, 3.05) is 13.7 Å². The minimum atomic E-state index is -0.0707. The average molecular weight is 299 g/mol. The molecule has 0 aliphatic carbocycles. The van der Waals surface area contributed by atoms with E-state index in [9.17, 15) is 4.79 Å². The van der Waals surface area contributed by atoms with Crippen LogP contribution in [0.1, 0.15) is 22.3 Å². The summed E-state index contributed by atoms with van der Waals surface area (Å²) in [5.74, 6) is 0.704. The minimum absolute atomic E-state index is 0.0707. The fraction of sp³-hybridized carbons (Fsp3) is 0.294. The molecule has 0 saturated heterocycles. The third kappa shape index (κ3) is 4.22. The monoisotopic (exact) mass is 299 g/mol. The van der Waals surface area contributed by atoms with Gasteiger partial charge in [0.05, 0.1) is 13.4 Å². The van der Waals surface area contributed by atoms with E-state index in [4.69, 9.17) is 4.74 Å². The van der Waals surface area contributed by atoms with E-state index in [0.29, 0.717) is 18.5 Å². The predicted molar refractivity (Wildman–Crippen MR) is 86.1 cm³/mol. The number of rotatable bonds is 8. The lowest BCUT2D eigenvalue weighted by Crippen LogP contribution is -2.25. The maximum Gasteiger partial charge on any atom is 0.251 e. The molecule has 5 heteroatoms. The molecule has 1 amide bonds. The van der Waals surface area contributed by atoms with Crippen LogP contribution in [0, 0.1) is 0 Å². The Balaban J connectivity index is 1.88. The summed E-state index contributed by atoms with van der Waals surface area (Å²) in [6.07, 6.45) is 8.75. The van der Waals surface area contributed by atoms with E-state index in [-0.39, 0.29) is 5.91 Å². The van der Waals surface area contributed by atoms with Gasteiger partial charge in [-0.15, -0.1) is 6.58 Å². The summed E-state index contributed by atoms with van der Waals surface area (Å²) in [5, 5.41) is 2.93. The molecule has 2 rings (SSSR count). The second kappa shape index (κ2) is 8.02. The summed E-state index contributed by atoms with van der Waals surface area (Å²) in [5.41, 5.74) is 1.60. The van der Waals surface area contributed by atoms with Gasteiger partial charge in [0.2, 0.25) is 0 Å². The highest BCUT2D eigenvalue weighted by molar-refractivity contribution is 5.94. The Kier molecular flexibility index (Phi) is 5.77. The van der Waals surface area contributed by atoms with Crippen molar-refractivity contribution in [3.05, 3.63) is 60.7 Å². The molecule has 116 valence electrons. The van der Waals surface area contributed by atoms with Crippen molar-refractivity contribution < 1.29 is 9.53 Å². The fourth-order valence-corrected chi connectivity index (χ4v) is 2.22. The highest BCUT2D eigenvalue weighted by Gasteiger charge is 2.09. The summed E-state index contributed by atoms with van der Waals surface area (Å²) >= 11 is 0. The van der Waals surface area contributed by atoms with Gasteiger partial charge in [-0.3, -0.25) is 4.79 Å². The highest BCUT2D eigenvalue weighted by atomic mass is 16.5. The van der Waals surface area contributed by atoms with Crippen LogP contribution in [0.4, 0.5) is 0 Å². The number of carbonyl (C=O) groups excluding carboxylic acids is 1. The van der Waals surface area contributed by atoms with Crippen LogP contribution in [0.3, 0.4) is 0 Å². The van der Waals surface area contributed by atoms with Crippen molar-refractivity contribution >= 4 is 5.91 Å². The minimum Gasteiger partial charge on any atom is -0.496 e. The summed E-state index contributed by atoms with van der Waals surface area (Å²) in [7, 11) is 1.62. The largest absolute Gasteiger partial charge is 0.496 e. The van der Waals surface area contributed by atoms with Crippen molar-refractivity contribution in [2.24, 2.45) is 0 Å². The Labute approximate surface area is 130 Å². The molecule has 1 N–H and O–H groups in total. The van der Waals surface area contributed by atoms with E-state index < -0.39 is 0 Å². The number of imidazole rings is 1. The molecule has 0 saturated carbocycles.